The first-order valence-electron chi connectivity index (χ1n) is 13.4. The lowest BCUT2D eigenvalue weighted by Gasteiger charge is -2.43. The van der Waals surface area contributed by atoms with E-state index in [0.717, 1.165) is 36.1 Å². The number of benzene rings is 2. The van der Waals surface area contributed by atoms with Crippen molar-refractivity contribution in [1.29, 1.82) is 0 Å². The quantitative estimate of drug-likeness (QED) is 0.505. The molecule has 0 bridgehead atoms. The number of carbonyl (C=O) groups excluding carboxylic acids is 2. The van der Waals surface area contributed by atoms with Crippen LogP contribution in [0.1, 0.15) is 76.5 Å². The molecule has 8 heteroatoms. The van der Waals surface area contributed by atoms with Crippen molar-refractivity contribution in [3.8, 4) is 0 Å². The van der Waals surface area contributed by atoms with Crippen molar-refractivity contribution in [1.82, 2.24) is 4.90 Å². The van der Waals surface area contributed by atoms with Gasteiger partial charge < -0.3 is 24.6 Å². The molecule has 0 saturated carbocycles. The first-order valence-corrected chi connectivity index (χ1v) is 13.4. The summed E-state index contributed by atoms with van der Waals surface area (Å²) in [5, 5.41) is 12.3. The molecule has 0 aromatic heterocycles. The molecule has 0 spiro atoms. The van der Waals surface area contributed by atoms with Crippen LogP contribution in [-0.4, -0.2) is 52.7 Å². The monoisotopic (exact) mass is 524 g/mol. The van der Waals surface area contributed by atoms with Crippen LogP contribution in [0.4, 0.5) is 5.69 Å². The summed E-state index contributed by atoms with van der Waals surface area (Å²) in [7, 11) is 0. The smallest absolute Gasteiger partial charge is 0.323 e. The Morgan fingerprint density at radius 2 is 1.71 bits per heavy atom. The maximum Gasteiger partial charge on any atom is 0.323 e. The second kappa shape index (κ2) is 11.9. The molecule has 2 aliphatic rings. The molecule has 206 valence electrons. The van der Waals surface area contributed by atoms with Gasteiger partial charge in [0.1, 0.15) is 11.6 Å². The summed E-state index contributed by atoms with van der Waals surface area (Å²) >= 11 is 0. The summed E-state index contributed by atoms with van der Waals surface area (Å²) in [4.78, 5) is 26.6. The molecule has 2 N–H and O–H groups in total. The second-order valence-corrected chi connectivity index (χ2v) is 11.3. The van der Waals surface area contributed by atoms with E-state index < -0.39 is 11.9 Å². The molecule has 5 atom stereocenters. The van der Waals surface area contributed by atoms with Crippen LogP contribution >= 0.6 is 0 Å². The minimum absolute atomic E-state index is 0.00441. The molecule has 4 rings (SSSR count). The van der Waals surface area contributed by atoms with Crippen LogP contribution in [0.15, 0.2) is 48.5 Å². The fraction of sp³-hybridized carbons (Fsp3) is 0.533. The molecular weight excluding hydrogens is 484 g/mol. The minimum atomic E-state index is -0.618. The number of nitrogens with zero attached hydrogens (tertiary/aromatic N) is 1. The Kier molecular flexibility index (Phi) is 8.88. The normalized spacial score (nSPS) is 26.2. The van der Waals surface area contributed by atoms with Gasteiger partial charge in [0.05, 0.1) is 18.8 Å². The highest BCUT2D eigenvalue weighted by Crippen LogP contribution is 2.42. The summed E-state index contributed by atoms with van der Waals surface area (Å²) in [5.74, 6) is -0.311. The van der Waals surface area contributed by atoms with Crippen molar-refractivity contribution in [3.63, 3.8) is 0 Å². The number of likely N-dealkylation sites (tertiary alicyclic amines) is 1. The SMILES string of the molecule is CC(=O)Nc1ccc([C@@H]2O[C@H](CN3CCC[C@H]3C(=O)OC(C)(C)C)[C@H](C)[C@H](c3ccc(CO)cc3)O2)cc1. The van der Waals surface area contributed by atoms with Crippen molar-refractivity contribution in [2.45, 2.75) is 84.2 Å². The van der Waals surface area contributed by atoms with Crippen molar-refractivity contribution in [2.24, 2.45) is 5.92 Å². The van der Waals surface area contributed by atoms with E-state index in [-0.39, 0.29) is 42.7 Å². The van der Waals surface area contributed by atoms with Gasteiger partial charge in [0, 0.05) is 30.6 Å². The van der Waals surface area contributed by atoms with Crippen LogP contribution in [0.25, 0.3) is 0 Å². The van der Waals surface area contributed by atoms with Crippen LogP contribution in [0, 0.1) is 5.92 Å². The third-order valence-corrected chi connectivity index (χ3v) is 7.08. The number of hydrogen-bond acceptors (Lipinski definition) is 7. The molecule has 2 aromatic carbocycles. The second-order valence-electron chi connectivity index (χ2n) is 11.3. The zero-order chi connectivity index (χ0) is 27.4. The Labute approximate surface area is 225 Å². The van der Waals surface area contributed by atoms with Gasteiger partial charge in [0.15, 0.2) is 6.29 Å². The third kappa shape index (κ3) is 6.99. The molecule has 2 aliphatic heterocycles. The average Bonchev–Trinajstić information content (AvgIpc) is 3.33. The van der Waals surface area contributed by atoms with Gasteiger partial charge in [-0.25, -0.2) is 0 Å². The van der Waals surface area contributed by atoms with Gasteiger partial charge in [0.2, 0.25) is 5.91 Å². The van der Waals surface area contributed by atoms with Crippen molar-refractivity contribution >= 4 is 17.6 Å². The topological polar surface area (TPSA) is 97.3 Å². The first kappa shape index (κ1) is 28.2. The maximum absolute atomic E-state index is 13.0. The molecule has 2 saturated heterocycles. The zero-order valence-electron chi connectivity index (χ0n) is 23.0. The largest absolute Gasteiger partial charge is 0.459 e. The number of ether oxygens (including phenoxy) is 3. The number of anilines is 1. The molecule has 0 radical (unpaired) electrons. The van der Waals surface area contributed by atoms with Crippen molar-refractivity contribution in [2.75, 3.05) is 18.4 Å². The van der Waals surface area contributed by atoms with E-state index in [1.165, 1.54) is 6.92 Å². The number of aliphatic hydroxyl groups is 1. The molecule has 2 heterocycles. The highest BCUT2D eigenvalue weighted by molar-refractivity contribution is 5.88. The Balaban J connectivity index is 1.57. The van der Waals surface area contributed by atoms with E-state index in [9.17, 15) is 14.7 Å². The van der Waals surface area contributed by atoms with Crippen LogP contribution in [0.3, 0.4) is 0 Å². The molecule has 2 aromatic rings. The predicted molar refractivity (Wildman–Crippen MR) is 144 cm³/mol. The standard InChI is InChI=1S/C30H40N2O6/c1-19-26(17-32-16-6-7-25(32)28(35)38-30(3,4)5)36-29(23-12-14-24(15-13-23)31-20(2)34)37-27(19)22-10-8-21(18-33)9-11-22/h8-15,19,25-27,29,33H,6-7,16-18H2,1-5H3,(H,31,34)/t19-,25-,26+,27+,29+/m0/s1. The van der Waals surface area contributed by atoms with Crippen LogP contribution in [-0.2, 0) is 30.4 Å². The maximum atomic E-state index is 13.0. The molecular formula is C30H40N2O6. The van der Waals surface area contributed by atoms with Gasteiger partial charge in [-0.15, -0.1) is 0 Å². The van der Waals surface area contributed by atoms with Gasteiger partial charge in [-0.3, -0.25) is 14.5 Å². The van der Waals surface area contributed by atoms with E-state index >= 15 is 0 Å². The van der Waals surface area contributed by atoms with E-state index in [4.69, 9.17) is 14.2 Å². The number of esters is 1. The number of nitrogens with one attached hydrogen (secondary N) is 1. The fourth-order valence-electron chi connectivity index (χ4n) is 5.17. The lowest BCUT2D eigenvalue weighted by molar-refractivity contribution is -0.276. The van der Waals surface area contributed by atoms with Crippen molar-refractivity contribution in [3.05, 3.63) is 65.2 Å². The highest BCUT2D eigenvalue weighted by atomic mass is 16.7. The zero-order valence-corrected chi connectivity index (χ0v) is 23.0. The minimum Gasteiger partial charge on any atom is -0.459 e. The Morgan fingerprint density at radius 3 is 2.32 bits per heavy atom. The molecule has 0 unspecified atom stereocenters. The summed E-state index contributed by atoms with van der Waals surface area (Å²) < 4.78 is 18.8. The highest BCUT2D eigenvalue weighted by Gasteiger charge is 2.42. The average molecular weight is 525 g/mol. The molecule has 38 heavy (non-hydrogen) atoms. The number of carbonyl (C=O) groups is 2. The summed E-state index contributed by atoms with van der Waals surface area (Å²) in [5.41, 5.74) is 2.86. The number of aliphatic hydroxyl groups excluding tert-OH is 1. The first-order chi connectivity index (χ1) is 18.0. The number of hydrogen-bond donors (Lipinski definition) is 2. The summed E-state index contributed by atoms with van der Waals surface area (Å²) in [6, 6.07) is 15.0. The van der Waals surface area contributed by atoms with Gasteiger partial charge in [0.25, 0.3) is 0 Å². The van der Waals surface area contributed by atoms with Crippen LogP contribution in [0.5, 0.6) is 0 Å². The molecule has 2 fully saturated rings. The van der Waals surface area contributed by atoms with Gasteiger partial charge in [-0.1, -0.05) is 43.3 Å². The van der Waals surface area contributed by atoms with E-state index in [2.05, 4.69) is 17.1 Å². The third-order valence-electron chi connectivity index (χ3n) is 7.08. The number of rotatable bonds is 7. The lowest BCUT2D eigenvalue weighted by Crippen LogP contribution is -2.48. The van der Waals surface area contributed by atoms with Crippen molar-refractivity contribution < 1.29 is 28.9 Å². The Bertz CT molecular complexity index is 1100. The predicted octanol–water partition coefficient (Wildman–Crippen LogP) is 4.73. The number of amides is 1. The summed E-state index contributed by atoms with van der Waals surface area (Å²) in [6.45, 7) is 10.6. The van der Waals surface area contributed by atoms with E-state index in [0.29, 0.717) is 12.2 Å². The van der Waals surface area contributed by atoms with E-state index in [1.807, 2.05) is 69.3 Å². The Hall–Kier alpha value is -2.78. The van der Waals surface area contributed by atoms with Crippen LogP contribution < -0.4 is 5.32 Å². The molecule has 1 amide bonds. The lowest BCUT2D eigenvalue weighted by atomic mass is 9.90. The van der Waals surface area contributed by atoms with E-state index in [1.54, 1.807) is 0 Å². The summed E-state index contributed by atoms with van der Waals surface area (Å²) in [6.07, 6.45) is 0.639. The fourth-order valence-corrected chi connectivity index (χ4v) is 5.17. The van der Waals surface area contributed by atoms with Gasteiger partial charge >= 0.3 is 5.97 Å². The van der Waals surface area contributed by atoms with Gasteiger partial charge in [-0.05, 0) is 63.4 Å². The van der Waals surface area contributed by atoms with Gasteiger partial charge in [-0.2, -0.15) is 0 Å². The molecule has 0 aliphatic carbocycles. The Morgan fingerprint density at radius 1 is 1.05 bits per heavy atom. The molecule has 8 nitrogen and oxygen atoms in total. The van der Waals surface area contributed by atoms with Crippen LogP contribution in [0.2, 0.25) is 0 Å².